The number of hydrogen-bond donors (Lipinski definition) is 1. The van der Waals surface area contributed by atoms with Gasteiger partial charge in [0.25, 0.3) is 5.91 Å². The molecule has 0 radical (unpaired) electrons. The van der Waals surface area contributed by atoms with E-state index in [9.17, 15) is 9.59 Å². The number of oxazole rings is 1. The second kappa shape index (κ2) is 7.36. The summed E-state index contributed by atoms with van der Waals surface area (Å²) in [5.41, 5.74) is 0.821. The van der Waals surface area contributed by atoms with E-state index in [0.29, 0.717) is 22.9 Å². The largest absolute Gasteiger partial charge is 0.497 e. The van der Waals surface area contributed by atoms with Gasteiger partial charge in [-0.25, -0.2) is 9.78 Å². The van der Waals surface area contributed by atoms with Gasteiger partial charge in [0.2, 0.25) is 5.89 Å². The molecule has 1 aliphatic heterocycles. The van der Waals surface area contributed by atoms with Crippen molar-refractivity contribution in [1.82, 2.24) is 15.2 Å². The predicted molar refractivity (Wildman–Crippen MR) is 109 cm³/mol. The highest BCUT2D eigenvalue weighted by Gasteiger charge is 2.49. The molecule has 8 heteroatoms. The number of methoxy groups -OCH3 is 1. The van der Waals surface area contributed by atoms with Crippen LogP contribution in [0.15, 0.2) is 63.7 Å². The van der Waals surface area contributed by atoms with E-state index in [1.54, 1.807) is 38.3 Å². The minimum Gasteiger partial charge on any atom is -0.497 e. The number of carbonyl (C=O) groups is 2. The maximum Gasteiger partial charge on any atom is 0.325 e. The first-order valence-electron chi connectivity index (χ1n) is 8.90. The molecule has 1 aromatic heterocycles. The molecular formula is C21H18BrN3O4. The maximum absolute atomic E-state index is 13.1. The first kappa shape index (κ1) is 19.2. The SMILES string of the molecule is COc1ccc(C2(C)NC(=O)N(Cc3coc(-c4ccc(Br)cc4)n3)C2=O)cc1. The number of ether oxygens (including phenoxy) is 1. The van der Waals surface area contributed by atoms with Gasteiger partial charge in [-0.05, 0) is 48.9 Å². The van der Waals surface area contributed by atoms with Gasteiger partial charge in [-0.1, -0.05) is 28.1 Å². The van der Waals surface area contributed by atoms with Crippen molar-refractivity contribution in [2.45, 2.75) is 19.0 Å². The lowest BCUT2D eigenvalue weighted by molar-refractivity contribution is -0.131. The van der Waals surface area contributed by atoms with E-state index in [0.717, 1.165) is 14.9 Å². The summed E-state index contributed by atoms with van der Waals surface area (Å²) in [6.45, 7) is 1.71. The Hall–Kier alpha value is -3.13. The number of amides is 3. The third-order valence-corrected chi connectivity index (χ3v) is 5.43. The summed E-state index contributed by atoms with van der Waals surface area (Å²) in [6, 6.07) is 14.1. The zero-order chi connectivity index (χ0) is 20.6. The number of hydrogen-bond acceptors (Lipinski definition) is 5. The summed E-state index contributed by atoms with van der Waals surface area (Å²) in [7, 11) is 1.57. The predicted octanol–water partition coefficient (Wildman–Crippen LogP) is 4.08. The highest BCUT2D eigenvalue weighted by molar-refractivity contribution is 9.10. The fourth-order valence-corrected chi connectivity index (χ4v) is 3.49. The minimum atomic E-state index is -1.15. The lowest BCUT2D eigenvalue weighted by atomic mass is 9.92. The van der Waals surface area contributed by atoms with Crippen molar-refractivity contribution in [3.05, 3.63) is 70.5 Å². The Morgan fingerprint density at radius 1 is 1.14 bits per heavy atom. The van der Waals surface area contributed by atoms with Gasteiger partial charge in [0.1, 0.15) is 17.6 Å². The van der Waals surface area contributed by atoms with Crippen molar-refractivity contribution in [1.29, 1.82) is 0 Å². The first-order valence-corrected chi connectivity index (χ1v) is 9.69. The molecule has 0 saturated carbocycles. The number of nitrogens with zero attached hydrogens (tertiary/aromatic N) is 2. The van der Waals surface area contributed by atoms with Crippen LogP contribution >= 0.6 is 15.9 Å². The molecule has 0 aliphatic carbocycles. The van der Waals surface area contributed by atoms with Crippen molar-refractivity contribution in [2.24, 2.45) is 0 Å². The fourth-order valence-electron chi connectivity index (χ4n) is 3.23. The van der Waals surface area contributed by atoms with Gasteiger partial charge < -0.3 is 14.5 Å². The van der Waals surface area contributed by atoms with E-state index in [1.807, 2.05) is 24.3 Å². The fraction of sp³-hybridized carbons (Fsp3) is 0.190. The van der Waals surface area contributed by atoms with Crippen molar-refractivity contribution in [3.8, 4) is 17.2 Å². The van der Waals surface area contributed by atoms with E-state index in [4.69, 9.17) is 9.15 Å². The number of imide groups is 1. The second-order valence-corrected chi connectivity index (χ2v) is 7.74. The Morgan fingerprint density at radius 3 is 2.48 bits per heavy atom. The molecule has 7 nitrogen and oxygen atoms in total. The van der Waals surface area contributed by atoms with Crippen LogP contribution in [-0.2, 0) is 16.9 Å². The van der Waals surface area contributed by atoms with Gasteiger partial charge >= 0.3 is 6.03 Å². The van der Waals surface area contributed by atoms with Crippen LogP contribution in [0.2, 0.25) is 0 Å². The Balaban J connectivity index is 1.54. The number of nitrogens with one attached hydrogen (secondary N) is 1. The average molecular weight is 456 g/mol. The van der Waals surface area contributed by atoms with Gasteiger partial charge in [-0.2, -0.15) is 0 Å². The quantitative estimate of drug-likeness (QED) is 0.585. The molecular weight excluding hydrogens is 438 g/mol. The standard InChI is InChI=1S/C21H18BrN3O4/c1-21(14-5-9-17(28-2)10-6-14)19(26)25(20(27)24-21)11-16-12-29-18(23-16)13-3-7-15(22)8-4-13/h3-10,12H,11H2,1-2H3,(H,24,27). The first-order chi connectivity index (χ1) is 13.9. The Bertz CT molecular complexity index is 1060. The monoisotopic (exact) mass is 455 g/mol. The summed E-state index contributed by atoms with van der Waals surface area (Å²) in [6.07, 6.45) is 1.46. The van der Waals surface area contributed by atoms with Gasteiger partial charge in [-0.15, -0.1) is 0 Å². The van der Waals surface area contributed by atoms with Gasteiger partial charge in [0, 0.05) is 10.0 Å². The average Bonchev–Trinajstić information content (AvgIpc) is 3.28. The molecule has 1 unspecified atom stereocenters. The molecule has 4 rings (SSSR count). The zero-order valence-corrected chi connectivity index (χ0v) is 17.4. The van der Waals surface area contributed by atoms with Crippen LogP contribution < -0.4 is 10.1 Å². The number of halogens is 1. The summed E-state index contributed by atoms with van der Waals surface area (Å²) in [5.74, 6) is 0.757. The van der Waals surface area contributed by atoms with E-state index in [1.165, 1.54) is 6.26 Å². The Kier molecular flexibility index (Phi) is 4.87. The van der Waals surface area contributed by atoms with Crippen LogP contribution in [0, 0.1) is 0 Å². The molecule has 29 heavy (non-hydrogen) atoms. The maximum atomic E-state index is 13.1. The van der Waals surface area contributed by atoms with Crippen molar-refractivity contribution >= 4 is 27.9 Å². The second-order valence-electron chi connectivity index (χ2n) is 6.83. The van der Waals surface area contributed by atoms with Crippen LogP contribution in [0.3, 0.4) is 0 Å². The Morgan fingerprint density at radius 2 is 1.83 bits per heavy atom. The molecule has 1 N–H and O–H groups in total. The number of urea groups is 1. The molecule has 1 saturated heterocycles. The minimum absolute atomic E-state index is 0.0242. The lowest BCUT2D eigenvalue weighted by Gasteiger charge is -2.22. The highest BCUT2D eigenvalue weighted by Crippen LogP contribution is 2.31. The molecule has 148 valence electrons. The third kappa shape index (κ3) is 3.51. The highest BCUT2D eigenvalue weighted by atomic mass is 79.9. The molecule has 2 heterocycles. The summed E-state index contributed by atoms with van der Waals surface area (Å²) in [5, 5.41) is 2.78. The van der Waals surface area contributed by atoms with E-state index in [2.05, 4.69) is 26.2 Å². The van der Waals surface area contributed by atoms with Crippen LogP contribution in [0.1, 0.15) is 18.2 Å². The number of benzene rings is 2. The van der Waals surface area contributed by atoms with Gasteiger partial charge in [0.15, 0.2) is 0 Å². The van der Waals surface area contributed by atoms with Crippen molar-refractivity contribution in [3.63, 3.8) is 0 Å². The lowest BCUT2D eigenvalue weighted by Crippen LogP contribution is -2.40. The van der Waals surface area contributed by atoms with Crippen LogP contribution in [0.25, 0.3) is 11.5 Å². The smallest absolute Gasteiger partial charge is 0.325 e. The molecule has 0 spiro atoms. The van der Waals surface area contributed by atoms with Gasteiger partial charge in [0.05, 0.1) is 19.3 Å². The zero-order valence-electron chi connectivity index (χ0n) is 15.8. The van der Waals surface area contributed by atoms with Gasteiger partial charge in [-0.3, -0.25) is 9.69 Å². The topological polar surface area (TPSA) is 84.7 Å². The number of carbonyl (C=O) groups excluding carboxylic acids is 2. The third-order valence-electron chi connectivity index (χ3n) is 4.91. The molecule has 2 aromatic carbocycles. The van der Waals surface area contributed by atoms with Crippen molar-refractivity contribution < 1.29 is 18.7 Å². The number of aromatic nitrogens is 1. The normalized spacial score (nSPS) is 18.8. The molecule has 3 amide bonds. The van der Waals surface area contributed by atoms with E-state index >= 15 is 0 Å². The molecule has 1 fully saturated rings. The molecule has 1 atom stereocenters. The van der Waals surface area contributed by atoms with E-state index in [-0.39, 0.29) is 12.5 Å². The summed E-state index contributed by atoms with van der Waals surface area (Å²) >= 11 is 3.39. The summed E-state index contributed by atoms with van der Waals surface area (Å²) in [4.78, 5) is 31.1. The van der Waals surface area contributed by atoms with Crippen LogP contribution in [-0.4, -0.2) is 28.9 Å². The van der Waals surface area contributed by atoms with E-state index < -0.39 is 11.6 Å². The molecule has 0 bridgehead atoms. The summed E-state index contributed by atoms with van der Waals surface area (Å²) < 4.78 is 11.6. The molecule has 1 aliphatic rings. The number of rotatable bonds is 5. The van der Waals surface area contributed by atoms with Crippen molar-refractivity contribution in [2.75, 3.05) is 7.11 Å². The Labute approximate surface area is 175 Å². The molecule has 3 aromatic rings. The van der Waals surface area contributed by atoms with Crippen LogP contribution in [0.4, 0.5) is 4.79 Å². The van der Waals surface area contributed by atoms with Crippen LogP contribution in [0.5, 0.6) is 5.75 Å².